The SMILES string of the molecule is COc1ccc2c(c1)c(=O)c(S(=O)(=O)c1ccccc1)cn2Cc1cccc(C)c1. The van der Waals surface area contributed by atoms with Crippen LogP contribution in [0.4, 0.5) is 0 Å². The summed E-state index contributed by atoms with van der Waals surface area (Å²) in [4.78, 5) is 13.1. The van der Waals surface area contributed by atoms with E-state index in [-0.39, 0.29) is 9.79 Å². The molecule has 0 aliphatic rings. The highest BCUT2D eigenvalue weighted by Crippen LogP contribution is 2.24. The van der Waals surface area contributed by atoms with Crippen molar-refractivity contribution in [1.82, 2.24) is 4.57 Å². The molecule has 0 aliphatic heterocycles. The smallest absolute Gasteiger partial charge is 0.211 e. The van der Waals surface area contributed by atoms with E-state index in [1.807, 2.05) is 31.2 Å². The molecule has 0 saturated carbocycles. The first kappa shape index (κ1) is 19.9. The maximum atomic E-state index is 13.3. The van der Waals surface area contributed by atoms with Gasteiger partial charge in [-0.15, -0.1) is 0 Å². The molecule has 6 heteroatoms. The van der Waals surface area contributed by atoms with Gasteiger partial charge in [0.25, 0.3) is 0 Å². The highest BCUT2D eigenvalue weighted by molar-refractivity contribution is 7.91. The van der Waals surface area contributed by atoms with Gasteiger partial charge in [-0.1, -0.05) is 48.0 Å². The molecular formula is C24H21NO4S. The average Bonchev–Trinajstić information content (AvgIpc) is 2.76. The number of hydrogen-bond donors (Lipinski definition) is 0. The first-order valence-electron chi connectivity index (χ1n) is 9.47. The summed E-state index contributed by atoms with van der Waals surface area (Å²) in [6.07, 6.45) is 1.45. The third kappa shape index (κ3) is 3.62. The van der Waals surface area contributed by atoms with Gasteiger partial charge < -0.3 is 9.30 Å². The lowest BCUT2D eigenvalue weighted by molar-refractivity contribution is 0.415. The lowest BCUT2D eigenvalue weighted by atomic mass is 10.1. The van der Waals surface area contributed by atoms with Gasteiger partial charge in [-0.3, -0.25) is 4.79 Å². The Hall–Kier alpha value is -3.38. The van der Waals surface area contributed by atoms with Crippen LogP contribution in [0.5, 0.6) is 5.75 Å². The standard InChI is InChI=1S/C24H21NO4S/c1-17-7-6-8-18(13-17)15-25-16-23(30(27,28)20-9-4-3-5-10-20)24(26)21-14-19(29-2)11-12-22(21)25/h3-14,16H,15H2,1-2H3. The zero-order valence-corrected chi connectivity index (χ0v) is 17.5. The zero-order valence-electron chi connectivity index (χ0n) is 16.7. The monoisotopic (exact) mass is 419 g/mol. The van der Waals surface area contributed by atoms with Crippen LogP contribution in [0.25, 0.3) is 10.9 Å². The molecule has 0 spiro atoms. The van der Waals surface area contributed by atoms with Gasteiger partial charge in [0.05, 0.1) is 22.9 Å². The second-order valence-corrected chi connectivity index (χ2v) is 9.06. The molecule has 0 unspecified atom stereocenters. The average molecular weight is 420 g/mol. The van der Waals surface area contributed by atoms with Crippen LogP contribution < -0.4 is 10.2 Å². The predicted molar refractivity (Wildman–Crippen MR) is 117 cm³/mol. The number of sulfone groups is 1. The van der Waals surface area contributed by atoms with Gasteiger partial charge in [0.2, 0.25) is 15.3 Å². The summed E-state index contributed by atoms with van der Waals surface area (Å²) in [6.45, 7) is 2.44. The van der Waals surface area contributed by atoms with Crippen LogP contribution in [0.2, 0.25) is 0 Å². The van der Waals surface area contributed by atoms with E-state index < -0.39 is 15.3 Å². The van der Waals surface area contributed by atoms with E-state index in [4.69, 9.17) is 4.74 Å². The summed E-state index contributed by atoms with van der Waals surface area (Å²) in [5.74, 6) is 0.496. The van der Waals surface area contributed by atoms with E-state index in [2.05, 4.69) is 0 Å². The molecule has 0 bridgehead atoms. The predicted octanol–water partition coefficient (Wildman–Crippen LogP) is 4.20. The van der Waals surface area contributed by atoms with Crippen LogP contribution in [0.15, 0.2) is 93.6 Å². The van der Waals surface area contributed by atoms with Crippen molar-refractivity contribution in [3.05, 3.63) is 100 Å². The number of aryl methyl sites for hydroxylation is 1. The van der Waals surface area contributed by atoms with Crippen molar-refractivity contribution in [3.8, 4) is 5.75 Å². The van der Waals surface area contributed by atoms with Gasteiger partial charge >= 0.3 is 0 Å². The van der Waals surface area contributed by atoms with E-state index in [0.717, 1.165) is 11.1 Å². The van der Waals surface area contributed by atoms with E-state index in [0.29, 0.717) is 23.2 Å². The van der Waals surface area contributed by atoms with Crippen molar-refractivity contribution in [2.24, 2.45) is 0 Å². The van der Waals surface area contributed by atoms with Gasteiger partial charge in [0.1, 0.15) is 10.6 Å². The Kier molecular flexibility index (Phi) is 5.18. The topological polar surface area (TPSA) is 65.4 Å². The van der Waals surface area contributed by atoms with Crippen molar-refractivity contribution < 1.29 is 13.2 Å². The van der Waals surface area contributed by atoms with Gasteiger partial charge in [0, 0.05) is 12.7 Å². The van der Waals surface area contributed by atoms with Gasteiger partial charge in [0.15, 0.2) is 0 Å². The fourth-order valence-electron chi connectivity index (χ4n) is 3.53. The van der Waals surface area contributed by atoms with Gasteiger partial charge in [-0.2, -0.15) is 0 Å². The maximum absolute atomic E-state index is 13.3. The quantitative estimate of drug-likeness (QED) is 0.486. The molecular weight excluding hydrogens is 398 g/mol. The Bertz CT molecular complexity index is 1390. The van der Waals surface area contributed by atoms with Crippen molar-refractivity contribution in [2.75, 3.05) is 7.11 Å². The van der Waals surface area contributed by atoms with Crippen LogP contribution in [-0.2, 0) is 16.4 Å². The molecule has 5 nitrogen and oxygen atoms in total. The molecule has 0 N–H and O–H groups in total. The number of benzene rings is 3. The summed E-state index contributed by atoms with van der Waals surface area (Å²) < 4.78 is 33.6. The van der Waals surface area contributed by atoms with Crippen molar-refractivity contribution in [2.45, 2.75) is 23.3 Å². The van der Waals surface area contributed by atoms with Gasteiger partial charge in [-0.25, -0.2) is 8.42 Å². The summed E-state index contributed by atoms with van der Waals surface area (Å²) in [5.41, 5.74) is 2.23. The van der Waals surface area contributed by atoms with Crippen molar-refractivity contribution >= 4 is 20.7 Å². The molecule has 0 saturated heterocycles. The minimum atomic E-state index is -3.98. The number of fused-ring (bicyclic) bond motifs is 1. The molecule has 1 aromatic heterocycles. The second-order valence-electron chi connectivity index (χ2n) is 7.14. The lowest BCUT2D eigenvalue weighted by Gasteiger charge is -2.15. The fraction of sp³-hybridized carbons (Fsp3) is 0.125. The van der Waals surface area contributed by atoms with Crippen LogP contribution in [-0.4, -0.2) is 20.1 Å². The Morgan fingerprint density at radius 3 is 2.40 bits per heavy atom. The van der Waals surface area contributed by atoms with Crippen molar-refractivity contribution in [1.29, 1.82) is 0 Å². The number of methoxy groups -OCH3 is 1. The van der Waals surface area contributed by atoms with Gasteiger partial charge in [-0.05, 0) is 42.8 Å². The minimum Gasteiger partial charge on any atom is -0.497 e. The maximum Gasteiger partial charge on any atom is 0.211 e. The molecule has 3 aromatic carbocycles. The first-order chi connectivity index (χ1) is 14.4. The first-order valence-corrected chi connectivity index (χ1v) is 11.0. The van der Waals surface area contributed by atoms with E-state index >= 15 is 0 Å². The second kappa shape index (κ2) is 7.80. The summed E-state index contributed by atoms with van der Waals surface area (Å²) in [5, 5.41) is 0.305. The molecule has 0 fully saturated rings. The molecule has 4 aromatic rings. The normalized spacial score (nSPS) is 11.5. The molecule has 0 atom stereocenters. The number of nitrogens with zero attached hydrogens (tertiary/aromatic N) is 1. The largest absolute Gasteiger partial charge is 0.497 e. The van der Waals surface area contributed by atoms with Crippen LogP contribution in [0.3, 0.4) is 0 Å². The fourth-order valence-corrected chi connectivity index (χ4v) is 4.92. The Morgan fingerprint density at radius 1 is 0.933 bits per heavy atom. The highest BCUT2D eigenvalue weighted by atomic mass is 32.2. The molecule has 0 aliphatic carbocycles. The van der Waals surface area contributed by atoms with E-state index in [9.17, 15) is 13.2 Å². The number of hydrogen-bond acceptors (Lipinski definition) is 4. The number of ether oxygens (including phenoxy) is 1. The van der Waals surface area contributed by atoms with Crippen LogP contribution >= 0.6 is 0 Å². The summed E-state index contributed by atoms with van der Waals surface area (Å²) in [7, 11) is -2.47. The number of pyridine rings is 1. The highest BCUT2D eigenvalue weighted by Gasteiger charge is 2.24. The summed E-state index contributed by atoms with van der Waals surface area (Å²) >= 11 is 0. The minimum absolute atomic E-state index is 0.0893. The van der Waals surface area contributed by atoms with E-state index in [1.54, 1.807) is 41.0 Å². The van der Waals surface area contributed by atoms with E-state index in [1.165, 1.54) is 25.4 Å². The molecule has 0 amide bonds. The number of rotatable bonds is 5. The Balaban J connectivity index is 1.99. The Labute approximate surface area is 175 Å². The zero-order chi connectivity index (χ0) is 21.3. The summed E-state index contributed by atoms with van der Waals surface area (Å²) in [6, 6.07) is 21.1. The molecule has 152 valence electrons. The van der Waals surface area contributed by atoms with Crippen LogP contribution in [0.1, 0.15) is 11.1 Å². The Morgan fingerprint density at radius 2 is 1.70 bits per heavy atom. The van der Waals surface area contributed by atoms with Crippen molar-refractivity contribution in [3.63, 3.8) is 0 Å². The molecule has 30 heavy (non-hydrogen) atoms. The molecule has 0 radical (unpaired) electrons. The van der Waals surface area contributed by atoms with Crippen LogP contribution in [0, 0.1) is 6.92 Å². The number of aromatic nitrogens is 1. The lowest BCUT2D eigenvalue weighted by Crippen LogP contribution is -2.19. The third-order valence-corrected chi connectivity index (χ3v) is 6.80. The molecule has 1 heterocycles. The third-order valence-electron chi connectivity index (χ3n) is 5.03. The molecule has 4 rings (SSSR count).